The summed E-state index contributed by atoms with van der Waals surface area (Å²) >= 11 is 0. The molecule has 1 aromatic carbocycles. The van der Waals surface area contributed by atoms with E-state index in [1.165, 1.54) is 18.2 Å². The van der Waals surface area contributed by atoms with Gasteiger partial charge in [0.05, 0.1) is 0 Å². The summed E-state index contributed by atoms with van der Waals surface area (Å²) in [6.07, 6.45) is -4.72. The fourth-order valence-electron chi connectivity index (χ4n) is 1.99. The maximum Gasteiger partial charge on any atom is 1.00 e. The largest absolute Gasteiger partial charge is 1.00 e. The third kappa shape index (κ3) is 5.84. The van der Waals surface area contributed by atoms with E-state index in [1.807, 2.05) is 0 Å². The van der Waals surface area contributed by atoms with Crippen LogP contribution < -0.4 is 68.5 Å². The molecule has 1 atom stereocenters. The molecule has 1 saturated heterocycles. The third-order valence-electron chi connectivity index (χ3n) is 2.88. The minimum Gasteiger partial charge on any atom is -1.00 e. The number of nitrogens with one attached hydrogen (secondary N) is 1. The summed E-state index contributed by atoms with van der Waals surface area (Å²) < 4.78 is 40.3. The fourth-order valence-corrected chi connectivity index (χ4v) is 1.99. The summed E-state index contributed by atoms with van der Waals surface area (Å²) in [5, 5.41) is 2.69. The number of benzene rings is 1. The van der Waals surface area contributed by atoms with Crippen molar-refractivity contribution in [2.45, 2.75) is 19.3 Å². The van der Waals surface area contributed by atoms with Crippen molar-refractivity contribution in [2.24, 2.45) is 0 Å². The zero-order valence-corrected chi connectivity index (χ0v) is 15.7. The van der Waals surface area contributed by atoms with Gasteiger partial charge in [-0.05, 0) is 19.1 Å². The van der Waals surface area contributed by atoms with E-state index in [2.05, 4.69) is 10.1 Å². The molecule has 1 fully saturated rings. The van der Waals surface area contributed by atoms with E-state index in [0.29, 0.717) is 18.8 Å². The van der Waals surface area contributed by atoms with Gasteiger partial charge in [0, 0.05) is 24.8 Å². The molecule has 1 heterocycles. The van der Waals surface area contributed by atoms with E-state index in [9.17, 15) is 18.0 Å². The summed E-state index contributed by atoms with van der Waals surface area (Å²) in [5.74, 6) is -0.434. The van der Waals surface area contributed by atoms with Crippen LogP contribution in [0.5, 0.6) is 5.75 Å². The molecule has 9 heteroatoms. The zero-order chi connectivity index (χ0) is 14.0. The summed E-state index contributed by atoms with van der Waals surface area (Å²) in [6.45, 7) is 2.71. The molecule has 0 bridgehead atoms. The number of anilines is 1. The van der Waals surface area contributed by atoms with Crippen LogP contribution in [0, 0.1) is 0 Å². The summed E-state index contributed by atoms with van der Waals surface area (Å²) in [4.78, 5) is 13.3. The molecule has 1 N–H and O–H groups in total. The molecule has 2 rings (SSSR count). The van der Waals surface area contributed by atoms with Gasteiger partial charge in [0.25, 0.3) is 0 Å². The first-order chi connectivity index (χ1) is 8.87. The van der Waals surface area contributed by atoms with Gasteiger partial charge in [0.1, 0.15) is 11.8 Å². The molecular weight excluding hydrogens is 411 g/mol. The Morgan fingerprint density at radius 2 is 2.05 bits per heavy atom. The monoisotopic (exact) mass is 424 g/mol. The molecule has 0 spiro atoms. The Bertz CT molecular complexity index is 488. The molecule has 1 aliphatic rings. The molecule has 1 aliphatic heterocycles. The van der Waals surface area contributed by atoms with Crippen LogP contribution in [-0.2, 0) is 4.79 Å². The molecule has 1 aromatic rings. The van der Waals surface area contributed by atoms with Gasteiger partial charge in [-0.15, -0.1) is 13.2 Å². The standard InChI is InChI=1S/C12H13F3N2O2.HI.Na/c1-8-11(18)16-5-6-17(8)9-3-2-4-10(7-9)19-12(13,14)15;;/h2-4,7-8H,5-6H2,1H3,(H,16,18);1H;/q;;+1/p-1. The van der Waals surface area contributed by atoms with Crippen LogP contribution in [-0.4, -0.2) is 31.4 Å². The van der Waals surface area contributed by atoms with Crippen molar-refractivity contribution >= 4 is 11.6 Å². The van der Waals surface area contributed by atoms with E-state index in [-0.39, 0.29) is 65.2 Å². The Labute approximate surface area is 159 Å². The predicted molar refractivity (Wildman–Crippen MR) is 62.9 cm³/mol. The Morgan fingerprint density at radius 1 is 1.38 bits per heavy atom. The van der Waals surface area contributed by atoms with E-state index in [4.69, 9.17) is 0 Å². The predicted octanol–water partition coefficient (Wildman–Crippen LogP) is -4.08. The van der Waals surface area contributed by atoms with Gasteiger partial charge in [0.15, 0.2) is 0 Å². The SMILES string of the molecule is CC1C(=O)NCCN1c1cccc(OC(F)(F)F)c1.[I-].[Na+]. The maximum absolute atomic E-state index is 12.2. The quantitative estimate of drug-likeness (QED) is 0.388. The molecule has 1 amide bonds. The number of carbonyl (C=O) groups excluding carboxylic acids is 1. The minimum absolute atomic E-state index is 0. The first kappa shape index (κ1) is 20.8. The first-order valence-electron chi connectivity index (χ1n) is 5.77. The number of piperazine rings is 1. The Kier molecular flexibility index (Phi) is 8.37. The Balaban J connectivity index is 0.00000200. The van der Waals surface area contributed by atoms with Crippen molar-refractivity contribution in [2.75, 3.05) is 18.0 Å². The van der Waals surface area contributed by atoms with Crippen LogP contribution in [0.25, 0.3) is 0 Å². The Morgan fingerprint density at radius 3 is 2.67 bits per heavy atom. The number of halogens is 4. The van der Waals surface area contributed by atoms with E-state index >= 15 is 0 Å². The van der Waals surface area contributed by atoms with Gasteiger partial charge in [-0.1, -0.05) is 6.07 Å². The van der Waals surface area contributed by atoms with Crippen molar-refractivity contribution in [3.63, 3.8) is 0 Å². The number of alkyl halides is 3. The number of hydrogen-bond donors (Lipinski definition) is 1. The Hall–Kier alpha value is -0.190. The van der Waals surface area contributed by atoms with Crippen molar-refractivity contribution in [3.05, 3.63) is 24.3 Å². The number of hydrogen-bond acceptors (Lipinski definition) is 3. The smallest absolute Gasteiger partial charge is 1.00 e. The first-order valence-corrected chi connectivity index (χ1v) is 5.77. The summed E-state index contributed by atoms with van der Waals surface area (Å²) in [7, 11) is 0. The van der Waals surface area contributed by atoms with Crippen LogP contribution >= 0.6 is 0 Å². The fraction of sp³-hybridized carbons (Fsp3) is 0.417. The normalized spacial score (nSPS) is 18.2. The van der Waals surface area contributed by atoms with Crippen LogP contribution in [0.2, 0.25) is 0 Å². The van der Waals surface area contributed by atoms with Crippen molar-refractivity contribution in [1.82, 2.24) is 5.32 Å². The molecule has 1 unspecified atom stereocenters. The topological polar surface area (TPSA) is 41.6 Å². The van der Waals surface area contributed by atoms with Crippen LogP contribution in [0.1, 0.15) is 6.92 Å². The second-order valence-electron chi connectivity index (χ2n) is 4.21. The molecule has 4 nitrogen and oxygen atoms in total. The summed E-state index contributed by atoms with van der Waals surface area (Å²) in [6, 6.07) is 5.21. The zero-order valence-electron chi connectivity index (χ0n) is 11.6. The summed E-state index contributed by atoms with van der Waals surface area (Å²) in [5.41, 5.74) is 0.532. The number of ether oxygens (including phenoxy) is 1. The van der Waals surface area contributed by atoms with Gasteiger partial charge in [0.2, 0.25) is 5.91 Å². The van der Waals surface area contributed by atoms with Crippen LogP contribution in [0.4, 0.5) is 18.9 Å². The second-order valence-corrected chi connectivity index (χ2v) is 4.21. The molecule has 0 aromatic heterocycles. The number of nitrogens with zero attached hydrogens (tertiary/aromatic N) is 1. The number of rotatable bonds is 2. The van der Waals surface area contributed by atoms with Gasteiger partial charge in [-0.3, -0.25) is 4.79 Å². The molecule has 0 aliphatic carbocycles. The van der Waals surface area contributed by atoms with Crippen molar-refractivity contribution in [1.29, 1.82) is 0 Å². The average molecular weight is 424 g/mol. The average Bonchev–Trinajstić information content (AvgIpc) is 2.31. The van der Waals surface area contributed by atoms with Crippen LogP contribution in [0.3, 0.4) is 0 Å². The third-order valence-corrected chi connectivity index (χ3v) is 2.88. The number of carbonyl (C=O) groups is 1. The van der Waals surface area contributed by atoms with E-state index in [0.717, 1.165) is 0 Å². The van der Waals surface area contributed by atoms with E-state index < -0.39 is 12.4 Å². The van der Waals surface area contributed by atoms with Crippen molar-refractivity contribution < 1.29 is 76.2 Å². The minimum atomic E-state index is -4.72. The van der Waals surface area contributed by atoms with Gasteiger partial charge < -0.3 is 38.9 Å². The molecule has 0 radical (unpaired) electrons. The van der Waals surface area contributed by atoms with E-state index in [1.54, 1.807) is 17.9 Å². The maximum atomic E-state index is 12.2. The number of amides is 1. The molecule has 0 saturated carbocycles. The van der Waals surface area contributed by atoms with Gasteiger partial charge in [-0.2, -0.15) is 0 Å². The van der Waals surface area contributed by atoms with Crippen LogP contribution in [0.15, 0.2) is 24.3 Å². The van der Waals surface area contributed by atoms with Gasteiger partial charge >= 0.3 is 35.9 Å². The van der Waals surface area contributed by atoms with Gasteiger partial charge in [-0.25, -0.2) is 0 Å². The molecular formula is C12H13F3IN2NaO2. The molecule has 21 heavy (non-hydrogen) atoms. The second kappa shape index (κ2) is 8.44. The van der Waals surface area contributed by atoms with Crippen molar-refractivity contribution in [3.8, 4) is 5.75 Å². The molecule has 112 valence electrons.